The molecule has 0 aliphatic heterocycles. The summed E-state index contributed by atoms with van der Waals surface area (Å²) in [5.41, 5.74) is 1.88. The van der Waals surface area contributed by atoms with Crippen molar-refractivity contribution in [1.82, 2.24) is 5.32 Å². The number of hydrogen-bond acceptors (Lipinski definition) is 2. The van der Waals surface area contributed by atoms with E-state index in [1.54, 1.807) is 0 Å². The maximum absolute atomic E-state index is 6.03. The standard InChI is InChI=1S/C19H29NO/c1-2-21-18-15-17(19(18)12-7-4-8-13-19)20-14-11-16-9-5-3-6-10-16/h3,5-6,9-10,17-18,20H,2,4,7-8,11-15H2,1H3. The zero-order valence-electron chi connectivity index (χ0n) is 13.3. The zero-order valence-corrected chi connectivity index (χ0v) is 13.3. The third-order valence-corrected chi connectivity index (χ3v) is 5.58. The Balaban J connectivity index is 1.53. The lowest BCUT2D eigenvalue weighted by Gasteiger charge is -2.58. The summed E-state index contributed by atoms with van der Waals surface area (Å²) in [6, 6.07) is 11.5. The Bertz CT molecular complexity index is 424. The molecular weight excluding hydrogens is 258 g/mol. The highest BCUT2D eigenvalue weighted by Crippen LogP contribution is 2.53. The maximum Gasteiger partial charge on any atom is 0.0661 e. The van der Waals surface area contributed by atoms with Crippen LogP contribution in [0.4, 0.5) is 0 Å². The number of hydrogen-bond donors (Lipinski definition) is 1. The average molecular weight is 287 g/mol. The highest BCUT2D eigenvalue weighted by atomic mass is 16.5. The van der Waals surface area contributed by atoms with Crippen molar-refractivity contribution < 1.29 is 4.74 Å². The first-order chi connectivity index (χ1) is 10.3. The molecule has 2 atom stereocenters. The van der Waals surface area contributed by atoms with E-state index in [1.165, 1.54) is 44.1 Å². The quantitative estimate of drug-likeness (QED) is 0.855. The normalized spacial score (nSPS) is 27.5. The van der Waals surface area contributed by atoms with Gasteiger partial charge in [0.2, 0.25) is 0 Å². The van der Waals surface area contributed by atoms with Crippen molar-refractivity contribution >= 4 is 0 Å². The number of rotatable bonds is 6. The Kier molecular flexibility index (Phi) is 4.97. The Labute approximate surface area is 129 Å². The van der Waals surface area contributed by atoms with E-state index in [2.05, 4.69) is 42.6 Å². The SMILES string of the molecule is CCOC1CC(NCCc2ccccc2)C12CCCCC2. The van der Waals surface area contributed by atoms with E-state index in [0.717, 1.165) is 19.6 Å². The molecule has 2 saturated carbocycles. The lowest BCUT2D eigenvalue weighted by Crippen LogP contribution is -2.64. The molecule has 0 heterocycles. The molecule has 1 aromatic rings. The molecule has 1 N–H and O–H groups in total. The van der Waals surface area contributed by atoms with E-state index in [0.29, 0.717) is 17.6 Å². The number of ether oxygens (including phenoxy) is 1. The largest absolute Gasteiger partial charge is 0.378 e. The van der Waals surface area contributed by atoms with Crippen molar-refractivity contribution in [3.63, 3.8) is 0 Å². The Morgan fingerprint density at radius 2 is 1.90 bits per heavy atom. The first-order valence-corrected chi connectivity index (χ1v) is 8.74. The summed E-state index contributed by atoms with van der Waals surface area (Å²) in [4.78, 5) is 0. The second kappa shape index (κ2) is 6.93. The molecule has 2 aliphatic carbocycles. The highest BCUT2D eigenvalue weighted by molar-refractivity contribution is 5.15. The summed E-state index contributed by atoms with van der Waals surface area (Å²) in [6.45, 7) is 4.09. The molecule has 2 nitrogen and oxygen atoms in total. The molecule has 1 aromatic carbocycles. The first-order valence-electron chi connectivity index (χ1n) is 8.74. The monoisotopic (exact) mass is 287 g/mol. The van der Waals surface area contributed by atoms with Crippen LogP contribution in [0.25, 0.3) is 0 Å². The van der Waals surface area contributed by atoms with Gasteiger partial charge >= 0.3 is 0 Å². The minimum absolute atomic E-state index is 0.449. The van der Waals surface area contributed by atoms with E-state index in [9.17, 15) is 0 Å². The van der Waals surface area contributed by atoms with Crippen LogP contribution < -0.4 is 5.32 Å². The molecular formula is C19H29NO. The van der Waals surface area contributed by atoms with E-state index in [4.69, 9.17) is 4.74 Å². The predicted octanol–water partition coefficient (Wildman–Crippen LogP) is 3.95. The molecule has 2 heteroatoms. The van der Waals surface area contributed by atoms with Crippen LogP contribution in [0.15, 0.2) is 30.3 Å². The van der Waals surface area contributed by atoms with Gasteiger partial charge in [-0.05, 0) is 44.7 Å². The van der Waals surface area contributed by atoms with Crippen molar-refractivity contribution in [3.05, 3.63) is 35.9 Å². The van der Waals surface area contributed by atoms with Crippen LogP contribution in [-0.4, -0.2) is 25.3 Å². The van der Waals surface area contributed by atoms with Gasteiger partial charge in [0.15, 0.2) is 0 Å². The van der Waals surface area contributed by atoms with Crippen LogP contribution in [0.1, 0.15) is 51.0 Å². The van der Waals surface area contributed by atoms with Gasteiger partial charge in [0.1, 0.15) is 0 Å². The lowest BCUT2D eigenvalue weighted by atomic mass is 9.55. The smallest absolute Gasteiger partial charge is 0.0661 e. The fourth-order valence-corrected chi connectivity index (χ4v) is 4.39. The van der Waals surface area contributed by atoms with Gasteiger partial charge in [-0.1, -0.05) is 49.6 Å². The fourth-order valence-electron chi connectivity index (χ4n) is 4.39. The van der Waals surface area contributed by atoms with Gasteiger partial charge in [-0.2, -0.15) is 0 Å². The molecule has 0 saturated heterocycles. The van der Waals surface area contributed by atoms with Crippen molar-refractivity contribution in [2.75, 3.05) is 13.2 Å². The average Bonchev–Trinajstić information content (AvgIpc) is 2.55. The molecule has 0 bridgehead atoms. The van der Waals surface area contributed by atoms with Crippen molar-refractivity contribution in [3.8, 4) is 0 Å². The lowest BCUT2D eigenvalue weighted by molar-refractivity contribution is -0.149. The summed E-state index contributed by atoms with van der Waals surface area (Å²) in [5, 5.41) is 3.84. The van der Waals surface area contributed by atoms with Gasteiger partial charge < -0.3 is 10.1 Å². The van der Waals surface area contributed by atoms with Crippen LogP contribution in [0.5, 0.6) is 0 Å². The van der Waals surface area contributed by atoms with E-state index >= 15 is 0 Å². The Hall–Kier alpha value is -0.860. The van der Waals surface area contributed by atoms with E-state index < -0.39 is 0 Å². The van der Waals surface area contributed by atoms with E-state index in [-0.39, 0.29) is 0 Å². The molecule has 2 aliphatic rings. The van der Waals surface area contributed by atoms with Crippen LogP contribution in [0.3, 0.4) is 0 Å². The third kappa shape index (κ3) is 3.17. The molecule has 2 fully saturated rings. The number of nitrogens with one attached hydrogen (secondary N) is 1. The maximum atomic E-state index is 6.03. The van der Waals surface area contributed by atoms with Crippen LogP contribution in [0, 0.1) is 5.41 Å². The van der Waals surface area contributed by atoms with Gasteiger partial charge in [0.25, 0.3) is 0 Å². The zero-order chi connectivity index (χ0) is 14.5. The summed E-state index contributed by atoms with van der Waals surface area (Å²) in [7, 11) is 0. The highest BCUT2D eigenvalue weighted by Gasteiger charge is 2.55. The second-order valence-corrected chi connectivity index (χ2v) is 6.72. The molecule has 1 spiro atoms. The van der Waals surface area contributed by atoms with Crippen molar-refractivity contribution in [1.29, 1.82) is 0 Å². The minimum atomic E-state index is 0.449. The molecule has 2 unspecified atom stereocenters. The van der Waals surface area contributed by atoms with Gasteiger partial charge in [-0.15, -0.1) is 0 Å². The first kappa shape index (κ1) is 15.1. The summed E-state index contributed by atoms with van der Waals surface area (Å²) < 4.78 is 6.03. The molecule has 21 heavy (non-hydrogen) atoms. The van der Waals surface area contributed by atoms with Gasteiger partial charge in [-0.3, -0.25) is 0 Å². The number of benzene rings is 1. The van der Waals surface area contributed by atoms with Crippen LogP contribution >= 0.6 is 0 Å². The Morgan fingerprint density at radius 1 is 1.14 bits per heavy atom. The molecule has 0 aromatic heterocycles. The van der Waals surface area contributed by atoms with Gasteiger partial charge in [-0.25, -0.2) is 0 Å². The molecule has 116 valence electrons. The summed E-state index contributed by atoms with van der Waals surface area (Å²) in [6.07, 6.45) is 9.77. The van der Waals surface area contributed by atoms with Gasteiger partial charge in [0, 0.05) is 18.1 Å². The van der Waals surface area contributed by atoms with Crippen LogP contribution in [0.2, 0.25) is 0 Å². The topological polar surface area (TPSA) is 21.3 Å². The van der Waals surface area contributed by atoms with Gasteiger partial charge in [0.05, 0.1) is 6.10 Å². The Morgan fingerprint density at radius 3 is 2.62 bits per heavy atom. The predicted molar refractivity (Wildman–Crippen MR) is 87.5 cm³/mol. The molecule has 0 radical (unpaired) electrons. The van der Waals surface area contributed by atoms with E-state index in [1.807, 2.05) is 0 Å². The van der Waals surface area contributed by atoms with Crippen molar-refractivity contribution in [2.45, 2.75) is 64.0 Å². The van der Waals surface area contributed by atoms with Crippen molar-refractivity contribution in [2.24, 2.45) is 5.41 Å². The van der Waals surface area contributed by atoms with Crippen LogP contribution in [-0.2, 0) is 11.2 Å². The molecule has 0 amide bonds. The third-order valence-electron chi connectivity index (χ3n) is 5.58. The summed E-state index contributed by atoms with van der Waals surface area (Å²) in [5.74, 6) is 0. The fraction of sp³-hybridized carbons (Fsp3) is 0.684. The minimum Gasteiger partial charge on any atom is -0.378 e. The second-order valence-electron chi connectivity index (χ2n) is 6.72. The molecule has 3 rings (SSSR count). The summed E-state index contributed by atoms with van der Waals surface area (Å²) >= 11 is 0.